The number of benzene rings is 5. The van der Waals surface area contributed by atoms with Crippen molar-refractivity contribution in [3.05, 3.63) is 149 Å². The summed E-state index contributed by atoms with van der Waals surface area (Å²) in [6.45, 7) is 12.1. The Balaban J connectivity index is 1.04. The summed E-state index contributed by atoms with van der Waals surface area (Å²) in [6, 6.07) is 33.5. The summed E-state index contributed by atoms with van der Waals surface area (Å²) in [5.74, 6) is -0.105. The van der Waals surface area contributed by atoms with E-state index in [1.807, 2.05) is 149 Å². The van der Waals surface area contributed by atoms with Crippen LogP contribution in [0.5, 0.6) is 11.5 Å². The maximum absolute atomic E-state index is 16.2. The van der Waals surface area contributed by atoms with Crippen LogP contribution in [0.3, 0.4) is 0 Å². The molecule has 0 radical (unpaired) electrons. The first kappa shape index (κ1) is 58.4. The van der Waals surface area contributed by atoms with E-state index >= 15 is 4.79 Å². The van der Waals surface area contributed by atoms with Crippen molar-refractivity contribution in [2.24, 2.45) is 5.92 Å². The minimum Gasteiger partial charge on any atom is -0.494 e. The minimum absolute atomic E-state index is 0.0541. The molecule has 18 nitrogen and oxygen atoms in total. The topological polar surface area (TPSA) is 224 Å². The van der Waals surface area contributed by atoms with E-state index in [1.165, 1.54) is 0 Å². The van der Waals surface area contributed by atoms with Crippen LogP contribution in [0.1, 0.15) is 92.3 Å². The van der Waals surface area contributed by atoms with Gasteiger partial charge in [-0.25, -0.2) is 0 Å². The smallest absolute Gasteiger partial charge is 0.264 e. The number of aromatic nitrogens is 3. The summed E-state index contributed by atoms with van der Waals surface area (Å²) in [7, 11) is -3.16. The highest BCUT2D eigenvalue weighted by Crippen LogP contribution is 2.61. The van der Waals surface area contributed by atoms with Gasteiger partial charge >= 0.3 is 0 Å². The first-order valence-electron chi connectivity index (χ1n) is 29.1. The molecule has 4 aliphatic rings. The fraction of sp³-hybridized carbons (Fsp3) is 0.444. The van der Waals surface area contributed by atoms with E-state index in [0.29, 0.717) is 123 Å². The quantitative estimate of drug-likeness (QED) is 0.0241. The number of fused-ring (bicyclic) bond motifs is 4. The van der Waals surface area contributed by atoms with Crippen LogP contribution in [0.15, 0.2) is 115 Å². The zero-order valence-electron chi connectivity index (χ0n) is 47.7. The average Bonchev–Trinajstić information content (AvgIpc) is 2.34. The molecule has 1 aromatic heterocycles. The number of nitrogens with one attached hydrogen (secondary N) is 2. The largest absolute Gasteiger partial charge is 0.494 e. The van der Waals surface area contributed by atoms with Crippen molar-refractivity contribution in [1.29, 1.82) is 0 Å². The normalized spacial score (nSPS) is 21.7. The molecular formula is C63H78N8O10Si. The number of carbonyl (C=O) groups excluding carboxylic acids is 3. The lowest BCUT2D eigenvalue weighted by Crippen LogP contribution is -2.49. The standard InChI is InChI=1S/C63H78N8O10Si/c1-6-79-48-21-24-55-44(33-48)35-52(64-27-11-13-30-72)60(75)70(55)46-19-15-16-42(32-46)38-69-57-23-20-47(71-56-25-22-49(80-7-2)34-45(56)36-53(61(71)76)65-28-12-14-31-73)37-51(57)63(62(69)77)41(3)59(82(4,5)78)58(81-63)26-29-68-39-54(66-67-68)50(40-74)43-17-9-8-10-18-43/h8-10,15-25,32-34,37,39,41,50,52-53,58-59,64-65,72-74,78H,6-7,11-14,26-31,35-36,38,40H2,1-5H3/t41-,50?,52?,53?,58+,59-,63+/m0/s1. The van der Waals surface area contributed by atoms with Gasteiger partial charge in [-0.05, 0) is 174 Å². The van der Waals surface area contributed by atoms with Crippen LogP contribution >= 0.6 is 0 Å². The van der Waals surface area contributed by atoms with E-state index in [9.17, 15) is 29.7 Å². The van der Waals surface area contributed by atoms with Gasteiger partial charge in [0.1, 0.15) is 11.5 Å². The molecule has 6 aromatic rings. The molecule has 6 N–H and O–H groups in total. The zero-order valence-corrected chi connectivity index (χ0v) is 48.7. The molecule has 5 heterocycles. The fourth-order valence-corrected chi connectivity index (χ4v) is 15.5. The first-order valence-corrected chi connectivity index (χ1v) is 32.1. The summed E-state index contributed by atoms with van der Waals surface area (Å²) < 4.78 is 21.0. The second-order valence-corrected chi connectivity index (χ2v) is 26.5. The maximum atomic E-state index is 16.2. The van der Waals surface area contributed by atoms with E-state index in [4.69, 9.17) is 14.2 Å². The van der Waals surface area contributed by atoms with Crippen molar-refractivity contribution < 1.29 is 48.7 Å². The molecule has 3 amide bonds. The molecule has 7 atom stereocenters. The molecule has 10 rings (SSSR count). The lowest BCUT2D eigenvalue weighted by Gasteiger charge is -2.36. The third kappa shape index (κ3) is 11.6. The molecule has 4 aliphatic heterocycles. The predicted octanol–water partition coefficient (Wildman–Crippen LogP) is 7.54. The van der Waals surface area contributed by atoms with Gasteiger partial charge in [0.25, 0.3) is 5.91 Å². The lowest BCUT2D eigenvalue weighted by molar-refractivity contribution is -0.146. The van der Waals surface area contributed by atoms with Crippen LogP contribution in [0, 0.1) is 5.92 Å². The monoisotopic (exact) mass is 1130 g/mol. The Morgan fingerprint density at radius 3 is 1.90 bits per heavy atom. The Morgan fingerprint density at radius 2 is 1.33 bits per heavy atom. The number of aliphatic hydroxyl groups is 3. The molecule has 1 spiro atoms. The number of anilines is 5. The minimum atomic E-state index is -3.16. The van der Waals surface area contributed by atoms with Crippen molar-refractivity contribution in [2.75, 3.05) is 60.8 Å². The Morgan fingerprint density at radius 1 is 0.732 bits per heavy atom. The Bertz CT molecular complexity index is 3230. The van der Waals surface area contributed by atoms with Gasteiger partial charge in [-0.3, -0.25) is 28.9 Å². The number of ether oxygens (including phenoxy) is 3. The van der Waals surface area contributed by atoms with Crippen molar-refractivity contribution in [1.82, 2.24) is 25.6 Å². The molecule has 0 saturated carbocycles. The molecule has 1 saturated heterocycles. The summed E-state index contributed by atoms with van der Waals surface area (Å²) >= 11 is 0. The van der Waals surface area contributed by atoms with Crippen LogP contribution in [0.25, 0.3) is 0 Å². The zero-order chi connectivity index (χ0) is 57.7. The molecule has 3 unspecified atom stereocenters. The average molecular weight is 1140 g/mol. The first-order chi connectivity index (χ1) is 39.7. The summed E-state index contributed by atoms with van der Waals surface area (Å²) in [5, 5.41) is 45.4. The van der Waals surface area contributed by atoms with Crippen molar-refractivity contribution >= 4 is 54.5 Å². The number of hydrogen-bond acceptors (Lipinski definition) is 14. The number of rotatable bonds is 25. The third-order valence-corrected chi connectivity index (χ3v) is 19.2. The van der Waals surface area contributed by atoms with Crippen molar-refractivity contribution in [3.8, 4) is 11.5 Å². The van der Waals surface area contributed by atoms with E-state index in [0.717, 1.165) is 27.9 Å². The number of unbranched alkanes of at least 4 members (excludes halogenated alkanes) is 2. The highest BCUT2D eigenvalue weighted by molar-refractivity contribution is 6.71. The van der Waals surface area contributed by atoms with Gasteiger partial charge in [0.15, 0.2) is 13.9 Å². The third-order valence-electron chi connectivity index (χ3n) is 16.7. The number of aryl methyl sites for hydroxylation is 1. The molecular weight excluding hydrogens is 1060 g/mol. The Labute approximate surface area is 481 Å². The maximum Gasteiger partial charge on any atom is 0.264 e. The van der Waals surface area contributed by atoms with Crippen LogP contribution in [-0.4, -0.2) is 125 Å². The summed E-state index contributed by atoms with van der Waals surface area (Å²) in [4.78, 5) is 63.4. The van der Waals surface area contributed by atoms with Gasteiger partial charge in [0, 0.05) is 54.4 Å². The lowest BCUT2D eigenvalue weighted by atomic mass is 9.82. The van der Waals surface area contributed by atoms with E-state index in [2.05, 4.69) is 20.9 Å². The number of amides is 3. The summed E-state index contributed by atoms with van der Waals surface area (Å²) in [6.07, 6.45) is 5.11. The molecule has 0 bridgehead atoms. The number of aliphatic hydroxyl groups excluding tert-OH is 3. The van der Waals surface area contributed by atoms with Crippen LogP contribution in [-0.2, 0) is 50.7 Å². The number of nitrogens with zero attached hydrogens (tertiary/aromatic N) is 6. The molecule has 19 heteroatoms. The SMILES string of the molecule is CCOc1ccc2c(c1)CC(NCCCCO)C(=O)N2c1cccc(CN2C(=O)[C@]3(O[C@H](CCn4cc(C(CO)c5ccccc5)nn4)[C@@H]([Si](C)(C)O)[C@@H]3C)c3cc(N4C(=O)C(NCCCCO)Cc5cc(OCC)ccc54)ccc32)c1. The number of carbonyl (C=O) groups is 3. The molecule has 5 aromatic carbocycles. The van der Waals surface area contributed by atoms with Gasteiger partial charge in [0.2, 0.25) is 11.8 Å². The summed E-state index contributed by atoms with van der Waals surface area (Å²) in [5.41, 5.74) is 5.90. The molecule has 434 valence electrons. The fourth-order valence-electron chi connectivity index (χ4n) is 12.9. The van der Waals surface area contributed by atoms with Gasteiger partial charge < -0.3 is 49.9 Å². The van der Waals surface area contributed by atoms with Gasteiger partial charge in [-0.2, -0.15) is 0 Å². The van der Waals surface area contributed by atoms with Crippen LogP contribution < -0.4 is 34.8 Å². The second kappa shape index (κ2) is 25.4. The molecule has 82 heavy (non-hydrogen) atoms. The van der Waals surface area contributed by atoms with Gasteiger partial charge in [-0.15, -0.1) is 5.10 Å². The van der Waals surface area contributed by atoms with E-state index in [-0.39, 0.29) is 50.0 Å². The second-order valence-electron chi connectivity index (χ2n) is 22.5. The number of hydrogen-bond donors (Lipinski definition) is 6. The highest BCUT2D eigenvalue weighted by atomic mass is 28.4. The van der Waals surface area contributed by atoms with Gasteiger partial charge in [-0.1, -0.05) is 54.6 Å². The molecule has 0 aliphatic carbocycles. The van der Waals surface area contributed by atoms with E-state index < -0.39 is 43.6 Å². The highest BCUT2D eigenvalue weighted by Gasteiger charge is 2.66. The molecule has 1 fully saturated rings. The predicted molar refractivity (Wildman–Crippen MR) is 316 cm³/mol. The van der Waals surface area contributed by atoms with Gasteiger partial charge in [0.05, 0.1) is 73.2 Å². The van der Waals surface area contributed by atoms with Crippen LogP contribution in [0.2, 0.25) is 18.6 Å². The Hall–Kier alpha value is -6.81. The van der Waals surface area contributed by atoms with Crippen LogP contribution in [0.4, 0.5) is 28.4 Å². The van der Waals surface area contributed by atoms with Crippen molar-refractivity contribution in [2.45, 2.75) is 127 Å². The van der Waals surface area contributed by atoms with Crippen molar-refractivity contribution in [3.63, 3.8) is 0 Å². The van der Waals surface area contributed by atoms with E-state index in [1.54, 1.807) is 19.4 Å². The Kier molecular flexibility index (Phi) is 18.1.